The number of nitrogens with zero attached hydrogens (tertiary/aromatic N) is 2. The molecule has 0 bridgehead atoms. The quantitative estimate of drug-likeness (QED) is 0.869. The van der Waals surface area contributed by atoms with Crippen LogP contribution in [0.5, 0.6) is 0 Å². The van der Waals surface area contributed by atoms with Crippen LogP contribution in [0.1, 0.15) is 16.1 Å². The SMILES string of the molecule is O=C1c2ccc(Br)n2CC2(c3ccccc3)NCCN12. The summed E-state index contributed by atoms with van der Waals surface area (Å²) in [5.41, 5.74) is 1.47. The molecule has 1 atom stereocenters. The second-order valence-electron chi connectivity index (χ2n) is 5.24. The van der Waals surface area contributed by atoms with E-state index in [1.807, 2.05) is 39.8 Å². The van der Waals surface area contributed by atoms with E-state index in [1.54, 1.807) is 0 Å². The molecule has 2 aromatic rings. The summed E-state index contributed by atoms with van der Waals surface area (Å²) >= 11 is 3.54. The number of carbonyl (C=O) groups excluding carboxylic acids is 1. The first kappa shape index (κ1) is 12.2. The highest BCUT2D eigenvalue weighted by atomic mass is 79.9. The van der Waals surface area contributed by atoms with Gasteiger partial charge in [-0.05, 0) is 33.6 Å². The second kappa shape index (κ2) is 4.20. The Hall–Kier alpha value is -1.59. The molecule has 2 aliphatic heterocycles. The molecule has 1 saturated heterocycles. The smallest absolute Gasteiger partial charge is 0.272 e. The third-order valence-electron chi connectivity index (χ3n) is 4.24. The minimum absolute atomic E-state index is 0.0933. The van der Waals surface area contributed by atoms with Crippen molar-refractivity contribution in [3.63, 3.8) is 0 Å². The van der Waals surface area contributed by atoms with E-state index in [9.17, 15) is 4.79 Å². The lowest BCUT2D eigenvalue weighted by molar-refractivity contribution is 0.0394. The lowest BCUT2D eigenvalue weighted by Crippen LogP contribution is -2.57. The Labute approximate surface area is 125 Å². The van der Waals surface area contributed by atoms with Crippen LogP contribution in [0.15, 0.2) is 47.1 Å². The molecule has 20 heavy (non-hydrogen) atoms. The maximum absolute atomic E-state index is 12.7. The molecule has 4 nitrogen and oxygen atoms in total. The third-order valence-corrected chi connectivity index (χ3v) is 4.94. The monoisotopic (exact) mass is 331 g/mol. The first-order valence-electron chi connectivity index (χ1n) is 6.70. The van der Waals surface area contributed by atoms with Crippen molar-refractivity contribution >= 4 is 21.8 Å². The maximum Gasteiger partial charge on any atom is 0.272 e. The minimum atomic E-state index is -0.424. The van der Waals surface area contributed by atoms with Crippen LogP contribution in [0.25, 0.3) is 0 Å². The van der Waals surface area contributed by atoms with Crippen LogP contribution in [0.3, 0.4) is 0 Å². The van der Waals surface area contributed by atoms with Gasteiger partial charge in [0.25, 0.3) is 5.91 Å². The van der Waals surface area contributed by atoms with Crippen LogP contribution in [-0.2, 0) is 12.2 Å². The topological polar surface area (TPSA) is 37.3 Å². The van der Waals surface area contributed by atoms with Crippen molar-refractivity contribution in [2.45, 2.75) is 12.2 Å². The summed E-state index contributed by atoms with van der Waals surface area (Å²) in [4.78, 5) is 14.7. The maximum atomic E-state index is 12.7. The highest BCUT2D eigenvalue weighted by molar-refractivity contribution is 9.10. The van der Waals surface area contributed by atoms with Gasteiger partial charge >= 0.3 is 0 Å². The number of carbonyl (C=O) groups is 1. The average Bonchev–Trinajstić information content (AvgIpc) is 3.06. The van der Waals surface area contributed by atoms with Crippen molar-refractivity contribution in [1.82, 2.24) is 14.8 Å². The summed E-state index contributed by atoms with van der Waals surface area (Å²) in [6, 6.07) is 14.0. The Morgan fingerprint density at radius 3 is 2.75 bits per heavy atom. The van der Waals surface area contributed by atoms with E-state index >= 15 is 0 Å². The number of amides is 1. The van der Waals surface area contributed by atoms with Crippen LogP contribution in [0.4, 0.5) is 0 Å². The zero-order valence-corrected chi connectivity index (χ0v) is 12.4. The highest BCUT2D eigenvalue weighted by Gasteiger charge is 2.49. The molecule has 1 aromatic carbocycles. The van der Waals surface area contributed by atoms with Gasteiger partial charge in [0.2, 0.25) is 0 Å². The van der Waals surface area contributed by atoms with Gasteiger partial charge in [0.1, 0.15) is 11.4 Å². The third kappa shape index (κ3) is 1.47. The van der Waals surface area contributed by atoms with Crippen LogP contribution < -0.4 is 5.32 Å². The number of benzene rings is 1. The number of fused-ring (bicyclic) bond motifs is 2. The van der Waals surface area contributed by atoms with Crippen molar-refractivity contribution in [3.05, 3.63) is 58.3 Å². The van der Waals surface area contributed by atoms with Crippen molar-refractivity contribution in [3.8, 4) is 0 Å². The highest BCUT2D eigenvalue weighted by Crippen LogP contribution is 2.38. The molecule has 1 fully saturated rings. The first-order chi connectivity index (χ1) is 9.72. The summed E-state index contributed by atoms with van der Waals surface area (Å²) < 4.78 is 2.99. The number of rotatable bonds is 1. The van der Waals surface area contributed by atoms with Gasteiger partial charge < -0.3 is 9.47 Å². The van der Waals surface area contributed by atoms with E-state index in [2.05, 4.69) is 33.4 Å². The Morgan fingerprint density at radius 2 is 1.95 bits per heavy atom. The van der Waals surface area contributed by atoms with E-state index in [-0.39, 0.29) is 5.91 Å². The zero-order valence-electron chi connectivity index (χ0n) is 10.8. The predicted octanol–water partition coefficient (Wildman–Crippen LogP) is 2.16. The molecule has 102 valence electrons. The van der Waals surface area contributed by atoms with Gasteiger partial charge in [0, 0.05) is 13.1 Å². The molecule has 1 amide bonds. The predicted molar refractivity (Wildman–Crippen MR) is 79.3 cm³/mol. The second-order valence-corrected chi connectivity index (χ2v) is 6.05. The molecule has 4 rings (SSSR count). The fraction of sp³-hybridized carbons (Fsp3) is 0.267. The molecule has 0 radical (unpaired) electrons. The molecule has 0 aliphatic carbocycles. The van der Waals surface area contributed by atoms with E-state index in [0.29, 0.717) is 0 Å². The number of nitrogens with one attached hydrogen (secondary N) is 1. The molecule has 1 unspecified atom stereocenters. The lowest BCUT2D eigenvalue weighted by atomic mass is 9.96. The fourth-order valence-electron chi connectivity index (χ4n) is 3.30. The summed E-state index contributed by atoms with van der Waals surface area (Å²) in [6.07, 6.45) is 0. The lowest BCUT2D eigenvalue weighted by Gasteiger charge is -2.43. The first-order valence-corrected chi connectivity index (χ1v) is 7.49. The van der Waals surface area contributed by atoms with Gasteiger partial charge in [-0.15, -0.1) is 0 Å². The van der Waals surface area contributed by atoms with Crippen molar-refractivity contribution in [1.29, 1.82) is 0 Å². The number of aromatic nitrogens is 1. The van der Waals surface area contributed by atoms with E-state index in [0.717, 1.165) is 35.5 Å². The van der Waals surface area contributed by atoms with Crippen LogP contribution >= 0.6 is 15.9 Å². The summed E-state index contributed by atoms with van der Waals surface area (Å²) in [7, 11) is 0. The summed E-state index contributed by atoms with van der Waals surface area (Å²) in [5, 5.41) is 3.54. The Morgan fingerprint density at radius 1 is 1.15 bits per heavy atom. The summed E-state index contributed by atoms with van der Waals surface area (Å²) in [6.45, 7) is 2.30. The van der Waals surface area contributed by atoms with Crippen molar-refractivity contribution in [2.24, 2.45) is 0 Å². The van der Waals surface area contributed by atoms with Crippen molar-refractivity contribution < 1.29 is 4.79 Å². The molecule has 0 saturated carbocycles. The van der Waals surface area contributed by atoms with E-state index in [4.69, 9.17) is 0 Å². The largest absolute Gasteiger partial charge is 0.327 e. The molecule has 0 spiro atoms. The molecular formula is C15H14BrN3O. The van der Waals surface area contributed by atoms with Gasteiger partial charge in [-0.2, -0.15) is 0 Å². The van der Waals surface area contributed by atoms with E-state index in [1.165, 1.54) is 0 Å². The summed E-state index contributed by atoms with van der Waals surface area (Å²) in [5.74, 6) is 0.0933. The molecule has 3 heterocycles. The van der Waals surface area contributed by atoms with Gasteiger partial charge in [0.15, 0.2) is 0 Å². The van der Waals surface area contributed by atoms with E-state index < -0.39 is 5.66 Å². The fourth-order valence-corrected chi connectivity index (χ4v) is 3.75. The van der Waals surface area contributed by atoms with Gasteiger partial charge in [-0.25, -0.2) is 0 Å². The van der Waals surface area contributed by atoms with Gasteiger partial charge in [-0.1, -0.05) is 30.3 Å². The Bertz CT molecular complexity index is 682. The molecular weight excluding hydrogens is 318 g/mol. The Balaban J connectivity index is 1.91. The van der Waals surface area contributed by atoms with Gasteiger partial charge in [-0.3, -0.25) is 10.1 Å². The standard InChI is InChI=1S/C15H14BrN3O/c16-13-7-6-12-14(20)19-9-8-17-15(19,10-18(12)13)11-4-2-1-3-5-11/h1-7,17H,8-10H2. The van der Waals surface area contributed by atoms with Crippen molar-refractivity contribution in [2.75, 3.05) is 13.1 Å². The van der Waals surface area contributed by atoms with Crippen LogP contribution in [-0.4, -0.2) is 28.5 Å². The normalized spacial score (nSPS) is 24.6. The minimum Gasteiger partial charge on any atom is -0.327 e. The zero-order chi connectivity index (χ0) is 13.7. The molecule has 1 N–H and O–H groups in total. The van der Waals surface area contributed by atoms with Gasteiger partial charge in [0.05, 0.1) is 11.1 Å². The van der Waals surface area contributed by atoms with Crippen LogP contribution in [0, 0.1) is 0 Å². The molecule has 1 aromatic heterocycles. The number of hydrogen-bond donors (Lipinski definition) is 1. The Kier molecular flexibility index (Phi) is 2.56. The molecule has 2 aliphatic rings. The number of hydrogen-bond acceptors (Lipinski definition) is 2. The number of halogens is 1. The molecule has 5 heteroatoms. The average molecular weight is 332 g/mol. The van der Waals surface area contributed by atoms with Crippen LogP contribution in [0.2, 0.25) is 0 Å².